The quantitative estimate of drug-likeness (QED) is 0.507. The first kappa shape index (κ1) is 21.4. The first-order chi connectivity index (χ1) is 14.8. The van der Waals surface area contributed by atoms with E-state index in [0.717, 1.165) is 27.4 Å². The van der Waals surface area contributed by atoms with Gasteiger partial charge in [0.2, 0.25) is 5.95 Å². The Labute approximate surface area is 185 Å². The minimum absolute atomic E-state index is 0.131. The summed E-state index contributed by atoms with van der Waals surface area (Å²) in [6.45, 7) is 3.96. The van der Waals surface area contributed by atoms with Gasteiger partial charge in [-0.15, -0.1) is 11.3 Å². The fraction of sp³-hybridized carbons (Fsp3) is 0.391. The Hall–Kier alpha value is -2.84. The molecule has 7 nitrogen and oxygen atoms in total. The first-order valence-corrected chi connectivity index (χ1v) is 11.2. The van der Waals surface area contributed by atoms with E-state index in [4.69, 9.17) is 5.11 Å². The molecule has 0 bridgehead atoms. The molecule has 0 unspecified atom stereocenters. The lowest BCUT2D eigenvalue weighted by atomic mass is 9.78. The predicted octanol–water partition coefficient (Wildman–Crippen LogP) is 4.81. The number of anilines is 2. The molecule has 31 heavy (non-hydrogen) atoms. The van der Waals surface area contributed by atoms with Gasteiger partial charge in [-0.3, -0.25) is 4.79 Å². The topological polar surface area (TPSA) is 108 Å². The first-order valence-electron chi connectivity index (χ1n) is 10.4. The summed E-state index contributed by atoms with van der Waals surface area (Å²) in [5, 5.41) is 24.1. The van der Waals surface area contributed by atoms with Crippen LogP contribution in [0.15, 0.2) is 36.7 Å². The van der Waals surface area contributed by atoms with Crippen LogP contribution >= 0.6 is 11.3 Å². The summed E-state index contributed by atoms with van der Waals surface area (Å²) in [4.78, 5) is 25.1. The van der Waals surface area contributed by atoms with Crippen LogP contribution in [0.1, 0.15) is 48.4 Å². The molecule has 4 rings (SSSR count). The van der Waals surface area contributed by atoms with Crippen LogP contribution in [0.2, 0.25) is 0 Å². The third kappa shape index (κ3) is 5.08. The van der Waals surface area contributed by atoms with E-state index in [1.807, 2.05) is 38.2 Å². The van der Waals surface area contributed by atoms with Gasteiger partial charge in [0.1, 0.15) is 10.6 Å². The van der Waals surface area contributed by atoms with Crippen molar-refractivity contribution in [3.05, 3.63) is 52.9 Å². The molecule has 1 aliphatic carbocycles. The largest absolute Gasteiger partial charge is 0.481 e. The van der Waals surface area contributed by atoms with Gasteiger partial charge in [0.15, 0.2) is 0 Å². The molecule has 0 atom stereocenters. The molecule has 1 saturated carbocycles. The molecule has 0 amide bonds. The summed E-state index contributed by atoms with van der Waals surface area (Å²) in [7, 11) is 0. The van der Waals surface area contributed by atoms with Gasteiger partial charge < -0.3 is 15.5 Å². The van der Waals surface area contributed by atoms with E-state index >= 15 is 0 Å². The van der Waals surface area contributed by atoms with Crippen molar-refractivity contribution >= 4 is 28.9 Å². The molecule has 1 aliphatic rings. The van der Waals surface area contributed by atoms with Crippen molar-refractivity contribution in [2.24, 2.45) is 5.92 Å². The lowest BCUT2D eigenvalue weighted by molar-refractivity contribution is -0.139. The molecule has 3 aromatic rings. The van der Waals surface area contributed by atoms with Gasteiger partial charge in [-0.05, 0) is 74.8 Å². The average molecular weight is 439 g/mol. The average Bonchev–Trinajstić information content (AvgIpc) is 3.20. The predicted molar refractivity (Wildman–Crippen MR) is 120 cm³/mol. The molecule has 2 aromatic heterocycles. The monoisotopic (exact) mass is 438 g/mol. The Morgan fingerprint density at radius 1 is 1.23 bits per heavy atom. The second kappa shape index (κ2) is 8.72. The van der Waals surface area contributed by atoms with Gasteiger partial charge in [-0.1, -0.05) is 6.07 Å². The molecule has 1 fully saturated rings. The zero-order valence-corrected chi connectivity index (χ0v) is 18.4. The van der Waals surface area contributed by atoms with Crippen molar-refractivity contribution in [1.82, 2.24) is 15.0 Å². The van der Waals surface area contributed by atoms with Gasteiger partial charge in [0, 0.05) is 30.2 Å². The summed E-state index contributed by atoms with van der Waals surface area (Å²) in [5.41, 5.74) is 2.92. The van der Waals surface area contributed by atoms with Gasteiger partial charge in [-0.2, -0.15) is 0 Å². The van der Waals surface area contributed by atoms with Crippen molar-refractivity contribution < 1.29 is 15.0 Å². The number of carboxylic acid groups (broad SMARTS) is 1. The number of carboxylic acids is 1. The molecule has 0 radical (unpaired) electrons. The third-order valence-electron chi connectivity index (χ3n) is 5.71. The van der Waals surface area contributed by atoms with Gasteiger partial charge in [0.25, 0.3) is 0 Å². The number of aliphatic hydroxyl groups is 1. The lowest BCUT2D eigenvalue weighted by Crippen LogP contribution is -2.32. The summed E-state index contributed by atoms with van der Waals surface area (Å²) in [5.74, 6) is -0.0904. The fourth-order valence-corrected chi connectivity index (χ4v) is 5.13. The second-order valence-electron chi connectivity index (χ2n) is 8.34. The van der Waals surface area contributed by atoms with Gasteiger partial charge >= 0.3 is 5.97 Å². The van der Waals surface area contributed by atoms with Crippen LogP contribution in [0.3, 0.4) is 0 Å². The Bertz CT molecular complexity index is 1090. The fourth-order valence-electron chi connectivity index (χ4n) is 4.08. The minimum Gasteiger partial charge on any atom is -0.481 e. The maximum Gasteiger partial charge on any atom is 0.303 e. The number of aliphatic carboxylic acids is 1. The van der Waals surface area contributed by atoms with Crippen LogP contribution in [0.25, 0.3) is 10.4 Å². The third-order valence-corrected chi connectivity index (χ3v) is 6.95. The maximum absolute atomic E-state index is 11.2. The van der Waals surface area contributed by atoms with Crippen molar-refractivity contribution in [2.45, 2.75) is 51.6 Å². The Morgan fingerprint density at radius 2 is 2.00 bits per heavy atom. The van der Waals surface area contributed by atoms with Crippen molar-refractivity contribution in [3.63, 3.8) is 0 Å². The van der Waals surface area contributed by atoms with Crippen LogP contribution in [0.4, 0.5) is 11.6 Å². The number of hydrogen-bond acceptors (Lipinski definition) is 7. The second-order valence-corrected chi connectivity index (χ2v) is 9.37. The number of benzene rings is 1. The Morgan fingerprint density at radius 3 is 2.71 bits per heavy atom. The Kier molecular flexibility index (Phi) is 6.02. The van der Waals surface area contributed by atoms with Crippen LogP contribution in [-0.4, -0.2) is 31.1 Å². The maximum atomic E-state index is 11.2. The highest BCUT2D eigenvalue weighted by Gasteiger charge is 2.37. The van der Waals surface area contributed by atoms with E-state index in [1.54, 1.807) is 6.20 Å². The van der Waals surface area contributed by atoms with Gasteiger partial charge in [0.05, 0.1) is 4.88 Å². The van der Waals surface area contributed by atoms with E-state index < -0.39 is 11.6 Å². The van der Waals surface area contributed by atoms with Crippen LogP contribution in [0, 0.1) is 19.8 Å². The smallest absolute Gasteiger partial charge is 0.303 e. The number of thiazole rings is 1. The number of rotatable bonds is 6. The molecule has 2 heterocycles. The molecular weight excluding hydrogens is 412 g/mol. The van der Waals surface area contributed by atoms with E-state index in [9.17, 15) is 9.90 Å². The molecule has 162 valence electrons. The molecule has 3 N–H and O–H groups in total. The van der Waals surface area contributed by atoms with Gasteiger partial charge in [-0.25, -0.2) is 15.0 Å². The summed E-state index contributed by atoms with van der Waals surface area (Å²) in [6.07, 6.45) is 6.19. The highest BCUT2D eigenvalue weighted by Crippen LogP contribution is 2.43. The highest BCUT2D eigenvalue weighted by molar-refractivity contribution is 7.15. The van der Waals surface area contributed by atoms with Crippen LogP contribution < -0.4 is 5.32 Å². The van der Waals surface area contributed by atoms with E-state index in [2.05, 4.69) is 26.3 Å². The minimum atomic E-state index is -0.974. The number of nitrogens with one attached hydrogen (secondary N) is 1. The molecular formula is C23H26N4O3S. The molecule has 0 spiro atoms. The summed E-state index contributed by atoms with van der Waals surface area (Å²) < 4.78 is 0. The standard InChI is InChI=1S/C23H26N4O3S/c1-14-9-17(12-18(10-14)27-22-24-8-5-15(2)26-22)19-13-25-21(31-19)23(30)6-3-16(4-7-23)11-20(28)29/h5,8-10,12-13,16,30H,3-4,6-7,11H2,1-2H3,(H,28,29)(H,24,26,27). The SMILES string of the molecule is Cc1cc(Nc2nccc(C)n2)cc(-c2cnc(C3(O)CCC(CC(=O)O)CC3)s2)c1. The zero-order valence-electron chi connectivity index (χ0n) is 17.6. The van der Waals surface area contributed by atoms with Crippen molar-refractivity contribution in [2.75, 3.05) is 5.32 Å². The lowest BCUT2D eigenvalue weighted by Gasteiger charge is -2.34. The van der Waals surface area contributed by atoms with Crippen molar-refractivity contribution in [1.29, 1.82) is 0 Å². The number of hydrogen-bond donors (Lipinski definition) is 3. The molecule has 8 heteroatoms. The Balaban J connectivity index is 1.52. The zero-order chi connectivity index (χ0) is 22.0. The van der Waals surface area contributed by atoms with Crippen molar-refractivity contribution in [3.8, 4) is 10.4 Å². The van der Waals surface area contributed by atoms with E-state index in [1.165, 1.54) is 11.3 Å². The van der Waals surface area contributed by atoms with E-state index in [-0.39, 0.29) is 12.3 Å². The summed E-state index contributed by atoms with van der Waals surface area (Å²) >= 11 is 1.50. The molecule has 1 aromatic carbocycles. The number of aromatic nitrogens is 3. The number of aryl methyl sites for hydroxylation is 2. The molecule has 0 aliphatic heterocycles. The number of carbonyl (C=O) groups is 1. The van der Waals surface area contributed by atoms with Crippen LogP contribution in [-0.2, 0) is 10.4 Å². The summed E-state index contributed by atoms with van der Waals surface area (Å²) in [6, 6.07) is 8.01. The number of nitrogens with zero attached hydrogens (tertiary/aromatic N) is 3. The normalized spacial score (nSPS) is 21.1. The molecule has 0 saturated heterocycles. The van der Waals surface area contributed by atoms with E-state index in [0.29, 0.717) is 36.6 Å². The highest BCUT2D eigenvalue weighted by atomic mass is 32.1. The van der Waals surface area contributed by atoms with Crippen LogP contribution in [0.5, 0.6) is 0 Å².